The first-order valence-electron chi connectivity index (χ1n) is 9.20. The Morgan fingerprint density at radius 1 is 0.885 bits per heavy atom. The van der Waals surface area contributed by atoms with Gasteiger partial charge in [-0.05, 0) is 60.9 Å². The van der Waals surface area contributed by atoms with Gasteiger partial charge in [0.05, 0.1) is 5.41 Å². The minimum atomic E-state index is -0.508. The summed E-state index contributed by atoms with van der Waals surface area (Å²) in [5, 5.41) is 2.49. The van der Waals surface area contributed by atoms with E-state index in [2.05, 4.69) is 99.5 Å². The van der Waals surface area contributed by atoms with E-state index in [1.165, 1.54) is 33.2 Å². The van der Waals surface area contributed by atoms with Crippen molar-refractivity contribution in [2.75, 3.05) is 11.9 Å². The van der Waals surface area contributed by atoms with Crippen molar-refractivity contribution in [2.45, 2.75) is 31.9 Å². The Morgan fingerprint density at radius 3 is 2.42 bits per heavy atom. The number of benzene rings is 3. The van der Waals surface area contributed by atoms with Gasteiger partial charge in [-0.2, -0.15) is 0 Å². The van der Waals surface area contributed by atoms with Gasteiger partial charge in [-0.25, -0.2) is 0 Å². The molecule has 0 saturated heterocycles. The van der Waals surface area contributed by atoms with Crippen LogP contribution in [0.3, 0.4) is 0 Å². The zero-order valence-corrected chi connectivity index (χ0v) is 15.7. The SMILES string of the molecule is CC1=Cc2c(ccc3ccccc23)OC12N(C)c1ccccc1C2(C)C. The smallest absolute Gasteiger partial charge is 0.214 e. The monoisotopic (exact) mass is 341 g/mol. The molecule has 3 aromatic carbocycles. The molecule has 1 unspecified atom stereocenters. The number of anilines is 1. The normalized spacial score (nSPS) is 22.8. The van der Waals surface area contributed by atoms with E-state index in [4.69, 9.17) is 4.74 Å². The lowest BCUT2D eigenvalue weighted by Crippen LogP contribution is -2.60. The Morgan fingerprint density at radius 2 is 1.62 bits per heavy atom. The third-order valence-electron chi connectivity index (χ3n) is 6.34. The standard InChI is InChI=1S/C24H23NO/c1-16-15-19-18-10-6-5-9-17(18)13-14-22(19)26-24(16)23(2,3)20-11-7-8-12-21(20)25(24)4/h5-15H,1-4H3. The summed E-state index contributed by atoms with van der Waals surface area (Å²) in [5.41, 5.74) is 4.33. The van der Waals surface area contributed by atoms with Crippen LogP contribution in [0.2, 0.25) is 0 Å². The molecule has 0 N–H and O–H groups in total. The van der Waals surface area contributed by atoms with Gasteiger partial charge in [0.1, 0.15) is 5.75 Å². The van der Waals surface area contributed by atoms with E-state index in [1.54, 1.807) is 0 Å². The van der Waals surface area contributed by atoms with Gasteiger partial charge in [0, 0.05) is 18.3 Å². The lowest BCUT2D eigenvalue weighted by atomic mass is 9.73. The Bertz CT molecular complexity index is 1080. The highest BCUT2D eigenvalue weighted by atomic mass is 16.5. The van der Waals surface area contributed by atoms with E-state index in [1.807, 2.05) is 0 Å². The molecule has 0 fully saturated rings. The average Bonchev–Trinajstić information content (AvgIpc) is 2.82. The van der Waals surface area contributed by atoms with Crippen LogP contribution in [0.25, 0.3) is 16.8 Å². The Kier molecular flexibility index (Phi) is 2.93. The van der Waals surface area contributed by atoms with Gasteiger partial charge in [0.25, 0.3) is 0 Å². The molecule has 0 radical (unpaired) electrons. The van der Waals surface area contributed by atoms with Gasteiger partial charge in [-0.1, -0.05) is 48.5 Å². The van der Waals surface area contributed by atoms with Gasteiger partial charge in [-0.3, -0.25) is 0 Å². The van der Waals surface area contributed by atoms with Crippen LogP contribution in [0, 0.1) is 0 Å². The maximum absolute atomic E-state index is 6.87. The highest BCUT2D eigenvalue weighted by Crippen LogP contribution is 2.57. The summed E-state index contributed by atoms with van der Waals surface area (Å²) in [7, 11) is 2.15. The number of para-hydroxylation sites is 1. The van der Waals surface area contributed by atoms with Gasteiger partial charge < -0.3 is 9.64 Å². The summed E-state index contributed by atoms with van der Waals surface area (Å²) in [6, 6.07) is 21.4. The number of rotatable bonds is 0. The molecule has 5 rings (SSSR count). The first-order valence-corrected chi connectivity index (χ1v) is 9.20. The summed E-state index contributed by atoms with van der Waals surface area (Å²) in [4.78, 5) is 2.31. The molecular formula is C24H23NO. The fourth-order valence-electron chi connectivity index (χ4n) is 5.09. The van der Waals surface area contributed by atoms with Crippen LogP contribution in [0.1, 0.15) is 31.9 Å². The van der Waals surface area contributed by atoms with Crippen LogP contribution in [0.15, 0.2) is 66.2 Å². The lowest BCUT2D eigenvalue weighted by Gasteiger charge is -2.49. The second-order valence-electron chi connectivity index (χ2n) is 7.97. The molecule has 3 aromatic rings. The summed E-state index contributed by atoms with van der Waals surface area (Å²) < 4.78 is 6.87. The fraction of sp³-hybridized carbons (Fsp3) is 0.250. The van der Waals surface area contributed by atoms with Crippen LogP contribution < -0.4 is 9.64 Å². The molecular weight excluding hydrogens is 318 g/mol. The molecule has 0 bridgehead atoms. The lowest BCUT2D eigenvalue weighted by molar-refractivity contribution is 0.0466. The van der Waals surface area contributed by atoms with Crippen LogP contribution in [0.5, 0.6) is 5.75 Å². The van der Waals surface area contributed by atoms with Crippen molar-refractivity contribution in [1.82, 2.24) is 0 Å². The molecule has 2 aliphatic rings. The minimum absolute atomic E-state index is 0.164. The summed E-state index contributed by atoms with van der Waals surface area (Å²) >= 11 is 0. The van der Waals surface area contributed by atoms with Gasteiger partial charge in [0.2, 0.25) is 5.72 Å². The molecule has 0 saturated carbocycles. The van der Waals surface area contributed by atoms with Crippen molar-refractivity contribution >= 4 is 22.5 Å². The van der Waals surface area contributed by atoms with E-state index in [9.17, 15) is 0 Å². The summed E-state index contributed by atoms with van der Waals surface area (Å²) in [5.74, 6) is 0.960. The third-order valence-corrected chi connectivity index (χ3v) is 6.34. The topological polar surface area (TPSA) is 12.5 Å². The maximum Gasteiger partial charge on any atom is 0.214 e. The van der Waals surface area contributed by atoms with Crippen molar-refractivity contribution in [3.05, 3.63) is 77.4 Å². The Balaban J connectivity index is 1.77. The number of likely N-dealkylation sites (N-methyl/N-ethyl adjacent to an activating group) is 1. The summed E-state index contributed by atoms with van der Waals surface area (Å²) in [6.45, 7) is 6.78. The molecule has 2 nitrogen and oxygen atoms in total. The molecule has 2 aliphatic heterocycles. The molecule has 2 heterocycles. The van der Waals surface area contributed by atoms with E-state index >= 15 is 0 Å². The highest BCUT2D eigenvalue weighted by Gasteiger charge is 2.60. The second-order valence-corrected chi connectivity index (χ2v) is 7.97. The van der Waals surface area contributed by atoms with Gasteiger partial charge >= 0.3 is 0 Å². The van der Waals surface area contributed by atoms with E-state index in [-0.39, 0.29) is 5.41 Å². The summed E-state index contributed by atoms with van der Waals surface area (Å²) in [6.07, 6.45) is 2.32. The zero-order chi connectivity index (χ0) is 18.1. The predicted molar refractivity (Wildman–Crippen MR) is 109 cm³/mol. The molecule has 1 atom stereocenters. The van der Waals surface area contributed by atoms with Crippen molar-refractivity contribution < 1.29 is 4.74 Å². The minimum Gasteiger partial charge on any atom is -0.462 e. The number of ether oxygens (including phenoxy) is 1. The fourth-order valence-corrected chi connectivity index (χ4v) is 5.09. The number of nitrogens with zero attached hydrogens (tertiary/aromatic N) is 1. The maximum atomic E-state index is 6.87. The van der Waals surface area contributed by atoms with E-state index < -0.39 is 5.72 Å². The first-order chi connectivity index (χ1) is 12.5. The molecule has 0 aromatic heterocycles. The van der Waals surface area contributed by atoms with Crippen molar-refractivity contribution in [1.29, 1.82) is 0 Å². The molecule has 2 heteroatoms. The van der Waals surface area contributed by atoms with Crippen LogP contribution >= 0.6 is 0 Å². The molecule has 0 amide bonds. The molecule has 130 valence electrons. The number of hydrogen-bond acceptors (Lipinski definition) is 2. The van der Waals surface area contributed by atoms with Crippen molar-refractivity contribution in [2.24, 2.45) is 0 Å². The van der Waals surface area contributed by atoms with Crippen LogP contribution in [-0.2, 0) is 5.41 Å². The molecule has 0 aliphatic carbocycles. The van der Waals surface area contributed by atoms with E-state index in [0.717, 1.165) is 5.75 Å². The largest absolute Gasteiger partial charge is 0.462 e. The Hall–Kier alpha value is -2.74. The molecule has 26 heavy (non-hydrogen) atoms. The van der Waals surface area contributed by atoms with Crippen LogP contribution in [0.4, 0.5) is 5.69 Å². The number of hydrogen-bond donors (Lipinski definition) is 0. The highest BCUT2D eigenvalue weighted by molar-refractivity contribution is 5.94. The van der Waals surface area contributed by atoms with Crippen molar-refractivity contribution in [3.8, 4) is 5.75 Å². The number of fused-ring (bicyclic) bond motifs is 4. The molecule has 1 spiro atoms. The second kappa shape index (κ2) is 4.91. The quantitative estimate of drug-likeness (QED) is 0.515. The average molecular weight is 341 g/mol. The van der Waals surface area contributed by atoms with Gasteiger partial charge in [0.15, 0.2) is 0 Å². The van der Waals surface area contributed by atoms with Crippen molar-refractivity contribution in [3.63, 3.8) is 0 Å². The Labute approximate surface area is 154 Å². The predicted octanol–water partition coefficient (Wildman–Crippen LogP) is 5.76. The zero-order valence-electron chi connectivity index (χ0n) is 15.7. The van der Waals surface area contributed by atoms with Gasteiger partial charge in [-0.15, -0.1) is 0 Å². The van der Waals surface area contributed by atoms with E-state index in [0.29, 0.717) is 0 Å². The first kappa shape index (κ1) is 15.5. The van der Waals surface area contributed by atoms with Crippen LogP contribution in [-0.4, -0.2) is 12.8 Å². The third kappa shape index (κ3) is 1.67.